The third-order valence-electron chi connectivity index (χ3n) is 3.27. The zero-order valence-corrected chi connectivity index (χ0v) is 10.1. The molecule has 0 bridgehead atoms. The number of nitrogen functional groups attached to an aromatic ring is 1. The highest BCUT2D eigenvalue weighted by molar-refractivity contribution is 5.61. The highest BCUT2D eigenvalue weighted by Crippen LogP contribution is 2.29. The zero-order valence-electron chi connectivity index (χ0n) is 10.1. The van der Waals surface area contributed by atoms with E-state index in [9.17, 15) is 9.50 Å². The summed E-state index contributed by atoms with van der Waals surface area (Å²) in [7, 11) is 0. The minimum absolute atomic E-state index is 0.0548. The van der Waals surface area contributed by atoms with Gasteiger partial charge in [-0.3, -0.25) is 0 Å². The number of nitrogens with zero attached hydrogens (tertiary/aromatic N) is 1. The van der Waals surface area contributed by atoms with Crippen molar-refractivity contribution in [1.29, 1.82) is 0 Å². The molecule has 0 radical (unpaired) electrons. The maximum atomic E-state index is 14.0. The predicted molar refractivity (Wildman–Crippen MR) is 69.4 cm³/mol. The normalized spacial score (nSPS) is 22.0. The summed E-state index contributed by atoms with van der Waals surface area (Å²) in [5.41, 5.74) is 17.9. The number of nitrogens with two attached hydrogens (primary N) is 3. The predicted octanol–water partition coefficient (Wildman–Crippen LogP) is 0.285. The number of benzene rings is 1. The lowest BCUT2D eigenvalue weighted by atomic mass is 10.0. The van der Waals surface area contributed by atoms with Gasteiger partial charge in [0.25, 0.3) is 0 Å². The van der Waals surface area contributed by atoms with Gasteiger partial charge in [0.15, 0.2) is 0 Å². The highest BCUT2D eigenvalue weighted by Gasteiger charge is 2.21. The monoisotopic (exact) mass is 254 g/mol. The topological polar surface area (TPSA) is 102 Å². The van der Waals surface area contributed by atoms with E-state index >= 15 is 0 Å². The van der Waals surface area contributed by atoms with E-state index in [-0.39, 0.29) is 11.6 Å². The van der Waals surface area contributed by atoms with Crippen LogP contribution in [-0.4, -0.2) is 24.2 Å². The Labute approximate surface area is 105 Å². The molecule has 1 saturated heterocycles. The number of aliphatic hydroxyl groups is 1. The van der Waals surface area contributed by atoms with Gasteiger partial charge < -0.3 is 27.2 Å². The standard InChI is InChI=1S/C12H19FN4O/c13-9-4-8(12(16)18)10(15)5-11(9)17-3-1-2-7(14)6-17/h4-5,7,12,18H,1-3,6,14-16H2/t7-,12?/m0/s1. The molecule has 5 nitrogen and oxygen atoms in total. The SMILES string of the molecule is Nc1cc(N2CCC[C@H](N)C2)c(F)cc1C(N)O. The van der Waals surface area contributed by atoms with E-state index in [2.05, 4.69) is 0 Å². The van der Waals surface area contributed by atoms with Gasteiger partial charge in [-0.2, -0.15) is 0 Å². The fourth-order valence-corrected chi connectivity index (χ4v) is 2.32. The Hall–Kier alpha value is -1.37. The summed E-state index contributed by atoms with van der Waals surface area (Å²) in [6.45, 7) is 1.37. The molecule has 1 aliphatic heterocycles. The minimum atomic E-state index is -1.27. The van der Waals surface area contributed by atoms with Crippen LogP contribution in [0.5, 0.6) is 0 Å². The third-order valence-corrected chi connectivity index (χ3v) is 3.27. The van der Waals surface area contributed by atoms with Crippen LogP contribution in [0.4, 0.5) is 15.8 Å². The maximum Gasteiger partial charge on any atom is 0.147 e. The first-order valence-corrected chi connectivity index (χ1v) is 6.02. The van der Waals surface area contributed by atoms with Gasteiger partial charge in [0.2, 0.25) is 0 Å². The molecule has 0 aliphatic carbocycles. The highest BCUT2D eigenvalue weighted by atomic mass is 19.1. The molecular formula is C12H19FN4O. The van der Waals surface area contributed by atoms with Gasteiger partial charge in [-0.05, 0) is 25.0 Å². The second kappa shape index (κ2) is 5.09. The minimum Gasteiger partial charge on any atom is -0.398 e. The van der Waals surface area contributed by atoms with E-state index in [4.69, 9.17) is 17.2 Å². The van der Waals surface area contributed by atoms with Crippen LogP contribution >= 0.6 is 0 Å². The molecule has 1 aliphatic rings. The number of hydrogen-bond acceptors (Lipinski definition) is 5. The van der Waals surface area contributed by atoms with Gasteiger partial charge in [-0.25, -0.2) is 4.39 Å². The average molecular weight is 254 g/mol. The first-order chi connectivity index (χ1) is 8.49. The molecule has 6 heteroatoms. The van der Waals surface area contributed by atoms with E-state index in [0.717, 1.165) is 19.4 Å². The van der Waals surface area contributed by atoms with E-state index in [0.29, 0.717) is 17.9 Å². The smallest absolute Gasteiger partial charge is 0.147 e. The number of anilines is 2. The van der Waals surface area contributed by atoms with E-state index in [1.54, 1.807) is 0 Å². The first kappa shape index (κ1) is 13.1. The number of rotatable bonds is 2. The third kappa shape index (κ3) is 2.55. The van der Waals surface area contributed by atoms with E-state index in [1.807, 2.05) is 4.90 Å². The van der Waals surface area contributed by atoms with Crippen LogP contribution in [0.2, 0.25) is 0 Å². The summed E-state index contributed by atoms with van der Waals surface area (Å²) in [6.07, 6.45) is 0.617. The van der Waals surface area contributed by atoms with Crippen LogP contribution in [0.3, 0.4) is 0 Å². The summed E-state index contributed by atoms with van der Waals surface area (Å²) in [5, 5.41) is 9.27. The summed E-state index contributed by atoms with van der Waals surface area (Å²) in [5.74, 6) is -0.433. The first-order valence-electron chi connectivity index (χ1n) is 6.02. The number of halogens is 1. The summed E-state index contributed by atoms with van der Waals surface area (Å²) >= 11 is 0. The molecule has 18 heavy (non-hydrogen) atoms. The number of piperidine rings is 1. The van der Waals surface area contributed by atoms with Gasteiger partial charge in [0, 0.05) is 30.4 Å². The molecule has 0 amide bonds. The zero-order chi connectivity index (χ0) is 13.3. The van der Waals surface area contributed by atoms with Gasteiger partial charge in [0.1, 0.15) is 12.0 Å². The van der Waals surface area contributed by atoms with Crippen molar-refractivity contribution in [3.05, 3.63) is 23.5 Å². The van der Waals surface area contributed by atoms with Crippen LogP contribution in [-0.2, 0) is 0 Å². The van der Waals surface area contributed by atoms with Gasteiger partial charge >= 0.3 is 0 Å². The van der Waals surface area contributed by atoms with Crippen molar-refractivity contribution in [3.8, 4) is 0 Å². The fraction of sp³-hybridized carbons (Fsp3) is 0.500. The molecule has 1 aromatic carbocycles. The Balaban J connectivity index is 2.31. The van der Waals surface area contributed by atoms with Crippen LogP contribution in [0.25, 0.3) is 0 Å². The summed E-state index contributed by atoms with van der Waals surface area (Å²) < 4.78 is 14.0. The fourth-order valence-electron chi connectivity index (χ4n) is 2.32. The lowest BCUT2D eigenvalue weighted by molar-refractivity contribution is 0.186. The van der Waals surface area contributed by atoms with Crippen molar-refractivity contribution in [3.63, 3.8) is 0 Å². The van der Waals surface area contributed by atoms with Gasteiger partial charge in [-0.15, -0.1) is 0 Å². The lowest BCUT2D eigenvalue weighted by Crippen LogP contribution is -2.43. The van der Waals surface area contributed by atoms with Crippen LogP contribution in [0.15, 0.2) is 12.1 Å². The average Bonchev–Trinajstić information content (AvgIpc) is 2.31. The van der Waals surface area contributed by atoms with Crippen LogP contribution < -0.4 is 22.1 Å². The van der Waals surface area contributed by atoms with Crippen molar-refractivity contribution in [2.45, 2.75) is 25.1 Å². The van der Waals surface area contributed by atoms with Crippen molar-refractivity contribution in [2.75, 3.05) is 23.7 Å². The van der Waals surface area contributed by atoms with Gasteiger partial charge in [0.05, 0.1) is 5.69 Å². The van der Waals surface area contributed by atoms with Crippen LogP contribution in [0.1, 0.15) is 24.6 Å². The van der Waals surface area contributed by atoms with E-state index in [1.165, 1.54) is 12.1 Å². The Morgan fingerprint density at radius 3 is 2.78 bits per heavy atom. The molecule has 0 saturated carbocycles. The molecule has 100 valence electrons. The molecular weight excluding hydrogens is 235 g/mol. The van der Waals surface area contributed by atoms with Crippen molar-refractivity contribution < 1.29 is 9.50 Å². The van der Waals surface area contributed by atoms with Crippen molar-refractivity contribution in [1.82, 2.24) is 0 Å². The second-order valence-electron chi connectivity index (χ2n) is 4.73. The molecule has 2 atom stereocenters. The Morgan fingerprint density at radius 1 is 1.44 bits per heavy atom. The van der Waals surface area contributed by atoms with Crippen molar-refractivity contribution in [2.24, 2.45) is 11.5 Å². The Bertz CT molecular complexity index is 438. The Morgan fingerprint density at radius 2 is 2.17 bits per heavy atom. The molecule has 1 aromatic rings. The summed E-state index contributed by atoms with van der Waals surface area (Å²) in [4.78, 5) is 1.88. The second-order valence-corrected chi connectivity index (χ2v) is 4.73. The lowest BCUT2D eigenvalue weighted by Gasteiger charge is -2.33. The largest absolute Gasteiger partial charge is 0.398 e. The molecule has 1 heterocycles. The number of hydrogen-bond donors (Lipinski definition) is 4. The molecule has 7 N–H and O–H groups in total. The number of aliphatic hydroxyl groups excluding tert-OH is 1. The van der Waals surface area contributed by atoms with Gasteiger partial charge in [-0.1, -0.05) is 0 Å². The Kier molecular flexibility index (Phi) is 3.70. The maximum absolute atomic E-state index is 14.0. The van der Waals surface area contributed by atoms with Crippen LogP contribution in [0, 0.1) is 5.82 Å². The molecule has 1 unspecified atom stereocenters. The van der Waals surface area contributed by atoms with Crippen molar-refractivity contribution >= 4 is 11.4 Å². The molecule has 0 spiro atoms. The van der Waals surface area contributed by atoms with E-state index < -0.39 is 12.0 Å². The quantitative estimate of drug-likeness (QED) is 0.449. The summed E-state index contributed by atoms with van der Waals surface area (Å²) in [6, 6.07) is 2.76. The molecule has 1 fully saturated rings. The molecule has 2 rings (SSSR count). The molecule has 0 aromatic heterocycles.